The van der Waals surface area contributed by atoms with Gasteiger partial charge in [-0.25, -0.2) is 0 Å². The Balaban J connectivity index is 2.53. The Labute approximate surface area is 125 Å². The molecule has 1 N–H and O–H groups in total. The first-order chi connectivity index (χ1) is 9.58. The summed E-state index contributed by atoms with van der Waals surface area (Å²) in [7, 11) is 1.95. The van der Waals surface area contributed by atoms with Crippen molar-refractivity contribution in [1.29, 1.82) is 5.26 Å². The zero-order chi connectivity index (χ0) is 15.0. The Bertz CT molecular complexity index is 484. The fourth-order valence-electron chi connectivity index (χ4n) is 1.77. The van der Waals surface area contributed by atoms with Gasteiger partial charge in [-0.05, 0) is 44.5 Å². The number of likely N-dealkylation sites (N-methyl/N-ethyl adjacent to an activating group) is 1. The van der Waals surface area contributed by atoms with Crippen LogP contribution in [0.2, 0.25) is 0 Å². The van der Waals surface area contributed by atoms with Crippen molar-refractivity contribution in [3.8, 4) is 6.07 Å². The molecule has 1 aromatic rings. The number of hydrogen-bond acceptors (Lipinski definition) is 4. The van der Waals surface area contributed by atoms with Crippen molar-refractivity contribution in [2.24, 2.45) is 0 Å². The quantitative estimate of drug-likeness (QED) is 0.839. The molecule has 0 fully saturated rings. The number of nitrogens with one attached hydrogen (secondary N) is 1. The van der Waals surface area contributed by atoms with Crippen LogP contribution in [0.1, 0.15) is 18.9 Å². The molecule has 0 aliphatic heterocycles. The van der Waals surface area contributed by atoms with Gasteiger partial charge in [0, 0.05) is 6.04 Å². The van der Waals surface area contributed by atoms with Gasteiger partial charge in [-0.2, -0.15) is 17.0 Å². The Morgan fingerprint density at radius 1 is 1.50 bits per heavy atom. The molecule has 0 saturated carbocycles. The smallest absolute Gasteiger partial charge is 0.238 e. The molecular weight excluding hydrogens is 270 g/mol. The molecule has 0 spiro atoms. The van der Waals surface area contributed by atoms with E-state index in [1.807, 2.05) is 23.7 Å². The zero-order valence-electron chi connectivity index (χ0n) is 12.2. The van der Waals surface area contributed by atoms with Gasteiger partial charge in [-0.3, -0.25) is 9.69 Å². The molecule has 1 aromatic carbocycles. The summed E-state index contributed by atoms with van der Waals surface area (Å²) in [5, 5.41) is 11.8. The van der Waals surface area contributed by atoms with Gasteiger partial charge in [0.1, 0.15) is 6.07 Å². The maximum Gasteiger partial charge on any atom is 0.238 e. The molecule has 1 rings (SSSR count). The van der Waals surface area contributed by atoms with E-state index in [0.717, 1.165) is 12.2 Å². The lowest BCUT2D eigenvalue weighted by Crippen LogP contribution is -2.36. The number of amides is 1. The lowest BCUT2D eigenvalue weighted by Gasteiger charge is -2.23. The first-order valence-corrected chi connectivity index (χ1v) is 7.96. The van der Waals surface area contributed by atoms with E-state index in [4.69, 9.17) is 5.26 Å². The lowest BCUT2D eigenvalue weighted by molar-refractivity contribution is -0.117. The normalized spacial score (nSPS) is 11.9. The van der Waals surface area contributed by atoms with Crippen LogP contribution in [-0.4, -0.2) is 42.4 Å². The Morgan fingerprint density at radius 2 is 2.20 bits per heavy atom. The number of carbonyl (C=O) groups is 1. The predicted molar refractivity (Wildman–Crippen MR) is 84.9 cm³/mol. The van der Waals surface area contributed by atoms with Gasteiger partial charge >= 0.3 is 0 Å². The number of nitrogens with zero attached hydrogens (tertiary/aromatic N) is 2. The van der Waals surface area contributed by atoms with Crippen molar-refractivity contribution in [3.63, 3.8) is 0 Å². The van der Waals surface area contributed by atoms with E-state index in [0.29, 0.717) is 23.8 Å². The minimum absolute atomic E-state index is 0.0915. The average molecular weight is 291 g/mol. The summed E-state index contributed by atoms with van der Waals surface area (Å²) >= 11 is 1.81. The highest BCUT2D eigenvalue weighted by molar-refractivity contribution is 7.98. The summed E-state index contributed by atoms with van der Waals surface area (Å²) in [4.78, 5) is 14.0. The monoisotopic (exact) mass is 291 g/mol. The molecule has 0 heterocycles. The predicted octanol–water partition coefficient (Wildman–Crippen LogP) is 2.57. The van der Waals surface area contributed by atoms with Crippen LogP contribution < -0.4 is 5.32 Å². The van der Waals surface area contributed by atoms with Crippen LogP contribution >= 0.6 is 11.8 Å². The average Bonchev–Trinajstić information content (AvgIpc) is 2.45. The molecule has 0 aliphatic carbocycles. The topological polar surface area (TPSA) is 56.1 Å². The zero-order valence-corrected chi connectivity index (χ0v) is 13.0. The molecule has 0 radical (unpaired) electrons. The maximum absolute atomic E-state index is 12.0. The van der Waals surface area contributed by atoms with Gasteiger partial charge in [0.2, 0.25) is 5.91 Å². The molecule has 1 atom stereocenters. The number of anilines is 1. The summed E-state index contributed by atoms with van der Waals surface area (Å²) in [5.41, 5.74) is 1.06. The third-order valence-corrected chi connectivity index (χ3v) is 3.85. The second-order valence-corrected chi connectivity index (χ2v) is 5.74. The van der Waals surface area contributed by atoms with Crippen LogP contribution in [0.15, 0.2) is 24.3 Å². The van der Waals surface area contributed by atoms with E-state index in [1.165, 1.54) is 0 Å². The molecular formula is C15H21N3OS. The number of thioether (sulfide) groups is 1. The van der Waals surface area contributed by atoms with Crippen LogP contribution in [0.5, 0.6) is 0 Å². The van der Waals surface area contributed by atoms with Crippen molar-refractivity contribution in [3.05, 3.63) is 29.8 Å². The van der Waals surface area contributed by atoms with E-state index in [2.05, 4.69) is 24.6 Å². The van der Waals surface area contributed by atoms with E-state index in [9.17, 15) is 4.79 Å². The molecule has 0 saturated heterocycles. The number of rotatable bonds is 7. The standard InChI is InChI=1S/C15H21N3OS/c1-12(8-9-20-3)18(2)11-15(19)17-14-7-5-4-6-13(14)10-16/h4-7,12H,8-9,11H2,1-3H3,(H,17,19). The van der Waals surface area contributed by atoms with Crippen molar-refractivity contribution in [2.75, 3.05) is 30.9 Å². The largest absolute Gasteiger partial charge is 0.324 e. The second-order valence-electron chi connectivity index (χ2n) is 4.75. The van der Waals surface area contributed by atoms with Gasteiger partial charge < -0.3 is 5.32 Å². The second kappa shape index (κ2) is 8.62. The van der Waals surface area contributed by atoms with Crippen molar-refractivity contribution in [2.45, 2.75) is 19.4 Å². The highest BCUT2D eigenvalue weighted by atomic mass is 32.2. The Hall–Kier alpha value is -1.51. The summed E-state index contributed by atoms with van der Waals surface area (Å²) in [5.74, 6) is 0.996. The molecule has 1 amide bonds. The number of hydrogen-bond donors (Lipinski definition) is 1. The van der Waals surface area contributed by atoms with Crippen molar-refractivity contribution in [1.82, 2.24) is 4.90 Å². The van der Waals surface area contributed by atoms with Crippen molar-refractivity contribution < 1.29 is 4.79 Å². The maximum atomic E-state index is 12.0. The first-order valence-electron chi connectivity index (χ1n) is 6.56. The van der Waals surface area contributed by atoms with E-state index in [1.54, 1.807) is 24.3 Å². The summed E-state index contributed by atoms with van der Waals surface area (Å²) in [6.45, 7) is 2.45. The summed E-state index contributed by atoms with van der Waals surface area (Å²) < 4.78 is 0. The van der Waals surface area contributed by atoms with E-state index in [-0.39, 0.29) is 5.91 Å². The molecule has 4 nitrogen and oxygen atoms in total. The fraction of sp³-hybridized carbons (Fsp3) is 0.467. The molecule has 5 heteroatoms. The number of carbonyl (C=O) groups excluding carboxylic acids is 1. The van der Waals surface area contributed by atoms with Gasteiger partial charge in [-0.15, -0.1) is 0 Å². The van der Waals surface area contributed by atoms with Crippen molar-refractivity contribution >= 4 is 23.4 Å². The summed E-state index contributed by atoms with van der Waals surface area (Å²) in [6.07, 6.45) is 3.14. The molecule has 20 heavy (non-hydrogen) atoms. The summed E-state index contributed by atoms with van der Waals surface area (Å²) in [6, 6.07) is 9.46. The SMILES string of the molecule is CSCCC(C)N(C)CC(=O)Nc1ccccc1C#N. The van der Waals surface area contributed by atoms with Crippen LogP contribution in [0.3, 0.4) is 0 Å². The van der Waals surface area contributed by atoms with Crippen LogP contribution in [0.4, 0.5) is 5.69 Å². The third-order valence-electron chi connectivity index (χ3n) is 3.21. The fourth-order valence-corrected chi connectivity index (χ4v) is 2.35. The molecule has 1 unspecified atom stereocenters. The van der Waals surface area contributed by atoms with Crippen LogP contribution in [-0.2, 0) is 4.79 Å². The van der Waals surface area contributed by atoms with Crippen LogP contribution in [0, 0.1) is 11.3 Å². The first kappa shape index (κ1) is 16.5. The molecule has 0 bridgehead atoms. The van der Waals surface area contributed by atoms with E-state index < -0.39 is 0 Å². The molecule has 0 aromatic heterocycles. The van der Waals surface area contributed by atoms with Gasteiger partial charge in [-0.1, -0.05) is 12.1 Å². The third kappa shape index (κ3) is 5.24. The number of benzene rings is 1. The molecule has 0 aliphatic rings. The minimum Gasteiger partial charge on any atom is -0.324 e. The number of para-hydroxylation sites is 1. The highest BCUT2D eigenvalue weighted by Crippen LogP contribution is 2.13. The van der Waals surface area contributed by atoms with Crippen LogP contribution in [0.25, 0.3) is 0 Å². The highest BCUT2D eigenvalue weighted by Gasteiger charge is 2.13. The lowest BCUT2D eigenvalue weighted by atomic mass is 10.2. The van der Waals surface area contributed by atoms with Gasteiger partial charge in [0.15, 0.2) is 0 Å². The van der Waals surface area contributed by atoms with Gasteiger partial charge in [0.25, 0.3) is 0 Å². The van der Waals surface area contributed by atoms with E-state index >= 15 is 0 Å². The Kier molecular flexibility index (Phi) is 7.13. The Morgan fingerprint density at radius 3 is 2.85 bits per heavy atom. The number of nitriles is 1. The minimum atomic E-state index is -0.0915. The molecule has 108 valence electrons. The van der Waals surface area contributed by atoms with Gasteiger partial charge in [0.05, 0.1) is 17.8 Å².